The maximum absolute atomic E-state index is 13.7. The molecule has 0 aliphatic carbocycles. The van der Waals surface area contributed by atoms with Crippen molar-refractivity contribution in [2.75, 3.05) is 5.75 Å². The molecule has 0 aliphatic rings. The van der Waals surface area contributed by atoms with Crippen molar-refractivity contribution in [2.24, 2.45) is 0 Å². The van der Waals surface area contributed by atoms with Crippen LogP contribution in [0, 0.1) is 25.5 Å². The molecular weight excluding hydrogens is 360 g/mol. The molecule has 0 unspecified atom stereocenters. The lowest BCUT2D eigenvalue weighted by molar-refractivity contribution is -0.119. The molecule has 0 aliphatic heterocycles. The largest absolute Gasteiger partial charge is 0.349 e. The number of amides is 1. The van der Waals surface area contributed by atoms with E-state index in [1.165, 1.54) is 13.0 Å². The monoisotopic (exact) mass is 381 g/mol. The van der Waals surface area contributed by atoms with Crippen molar-refractivity contribution in [3.05, 3.63) is 70.3 Å². The molecule has 0 heterocycles. The normalized spacial score (nSPS) is 12.7. The Morgan fingerprint density at radius 1 is 1.12 bits per heavy atom. The molecule has 0 bridgehead atoms. The van der Waals surface area contributed by atoms with Gasteiger partial charge in [0.15, 0.2) is 9.84 Å². The van der Waals surface area contributed by atoms with Crippen molar-refractivity contribution in [1.29, 1.82) is 0 Å². The fourth-order valence-corrected chi connectivity index (χ4v) is 4.03. The first kappa shape index (κ1) is 20.0. The molecule has 0 fully saturated rings. The summed E-state index contributed by atoms with van der Waals surface area (Å²) in [6, 6.07) is 7.74. The number of nitrogens with one attached hydrogen (secondary N) is 1. The number of carbonyl (C=O) groups excluding carboxylic acids is 1. The Bertz CT molecular complexity index is 926. The lowest BCUT2D eigenvalue weighted by atomic mass is 10.1. The van der Waals surface area contributed by atoms with Gasteiger partial charge in [0.2, 0.25) is 5.91 Å². The van der Waals surface area contributed by atoms with Gasteiger partial charge in [-0.05, 0) is 38.0 Å². The van der Waals surface area contributed by atoms with E-state index in [4.69, 9.17) is 0 Å². The van der Waals surface area contributed by atoms with Crippen molar-refractivity contribution < 1.29 is 22.0 Å². The van der Waals surface area contributed by atoms with Crippen LogP contribution in [0.5, 0.6) is 0 Å². The van der Waals surface area contributed by atoms with Crippen molar-refractivity contribution >= 4 is 15.7 Å². The quantitative estimate of drug-likeness (QED) is 0.834. The summed E-state index contributed by atoms with van der Waals surface area (Å²) in [7, 11) is -3.68. The van der Waals surface area contributed by atoms with Gasteiger partial charge in [-0.1, -0.05) is 29.8 Å². The molecule has 1 amide bonds. The average molecular weight is 381 g/mol. The summed E-state index contributed by atoms with van der Waals surface area (Å²) < 4.78 is 51.3. The Morgan fingerprint density at radius 3 is 2.46 bits per heavy atom. The number of aryl methyl sites for hydroxylation is 2. The molecule has 1 N–H and O–H groups in total. The van der Waals surface area contributed by atoms with Crippen LogP contribution in [0.1, 0.15) is 35.2 Å². The van der Waals surface area contributed by atoms with Crippen molar-refractivity contribution in [3.8, 4) is 0 Å². The van der Waals surface area contributed by atoms with Gasteiger partial charge in [-0.25, -0.2) is 17.2 Å². The lowest BCUT2D eigenvalue weighted by Gasteiger charge is -2.15. The molecule has 2 aromatic rings. The van der Waals surface area contributed by atoms with Crippen LogP contribution in [0.25, 0.3) is 0 Å². The van der Waals surface area contributed by atoms with Gasteiger partial charge in [0.25, 0.3) is 0 Å². The highest BCUT2D eigenvalue weighted by Crippen LogP contribution is 2.18. The maximum atomic E-state index is 13.7. The topological polar surface area (TPSA) is 63.2 Å². The van der Waals surface area contributed by atoms with Crippen LogP contribution in [0.2, 0.25) is 0 Å². The van der Waals surface area contributed by atoms with Crippen LogP contribution in [0.4, 0.5) is 8.78 Å². The summed E-state index contributed by atoms with van der Waals surface area (Å²) in [5.41, 5.74) is 2.51. The van der Waals surface area contributed by atoms with Gasteiger partial charge in [-0.2, -0.15) is 0 Å². The zero-order valence-corrected chi connectivity index (χ0v) is 15.7. The van der Waals surface area contributed by atoms with Gasteiger partial charge in [0, 0.05) is 11.6 Å². The Kier molecular flexibility index (Phi) is 6.13. The summed E-state index contributed by atoms with van der Waals surface area (Å²) in [5.74, 6) is -3.19. The summed E-state index contributed by atoms with van der Waals surface area (Å²) in [6.07, 6.45) is 0. The second-order valence-electron chi connectivity index (χ2n) is 6.42. The lowest BCUT2D eigenvalue weighted by Crippen LogP contribution is -2.33. The second-order valence-corrected chi connectivity index (χ2v) is 8.48. The third-order valence-electron chi connectivity index (χ3n) is 4.04. The highest BCUT2D eigenvalue weighted by Gasteiger charge is 2.21. The Hall–Kier alpha value is -2.28. The maximum Gasteiger partial charge on any atom is 0.235 e. The predicted molar refractivity (Wildman–Crippen MR) is 96.3 cm³/mol. The standard InChI is InChI=1S/C19H21F2NO3S/c1-12-4-5-13(2)15(8-12)10-26(24,25)11-19(23)22-14(3)17-7-6-16(20)9-18(17)21/h4-9,14H,10-11H2,1-3H3,(H,22,23)/t14-/m1/s1. The summed E-state index contributed by atoms with van der Waals surface area (Å²) in [4.78, 5) is 12.1. The van der Waals surface area contributed by atoms with Crippen molar-refractivity contribution in [1.82, 2.24) is 5.32 Å². The van der Waals surface area contributed by atoms with Crippen LogP contribution in [-0.2, 0) is 20.4 Å². The first-order valence-corrected chi connectivity index (χ1v) is 9.90. The van der Waals surface area contributed by atoms with Crippen molar-refractivity contribution in [3.63, 3.8) is 0 Å². The molecule has 2 rings (SSSR count). The first-order chi connectivity index (χ1) is 12.1. The third-order valence-corrected chi connectivity index (χ3v) is 5.49. The van der Waals surface area contributed by atoms with E-state index >= 15 is 0 Å². The number of sulfone groups is 1. The van der Waals surface area contributed by atoms with Crippen LogP contribution >= 0.6 is 0 Å². The van der Waals surface area contributed by atoms with Gasteiger partial charge in [-0.15, -0.1) is 0 Å². The number of benzene rings is 2. The van der Waals surface area contributed by atoms with E-state index in [0.717, 1.165) is 23.3 Å². The molecule has 26 heavy (non-hydrogen) atoms. The second kappa shape index (κ2) is 7.95. The fraction of sp³-hybridized carbons (Fsp3) is 0.316. The molecule has 140 valence electrons. The van der Waals surface area contributed by atoms with E-state index in [0.29, 0.717) is 5.56 Å². The van der Waals surface area contributed by atoms with Gasteiger partial charge < -0.3 is 5.32 Å². The smallest absolute Gasteiger partial charge is 0.235 e. The zero-order chi connectivity index (χ0) is 19.5. The Balaban J connectivity index is 2.04. The van der Waals surface area contributed by atoms with E-state index < -0.39 is 39.2 Å². The summed E-state index contributed by atoms with van der Waals surface area (Å²) in [6.45, 7) is 5.18. The number of rotatable bonds is 6. The summed E-state index contributed by atoms with van der Waals surface area (Å²) >= 11 is 0. The van der Waals surface area contributed by atoms with E-state index in [1.54, 1.807) is 6.07 Å². The minimum Gasteiger partial charge on any atom is -0.349 e. The highest BCUT2D eigenvalue weighted by atomic mass is 32.2. The summed E-state index contributed by atoms with van der Waals surface area (Å²) in [5, 5.41) is 2.44. The number of hydrogen-bond donors (Lipinski definition) is 1. The highest BCUT2D eigenvalue weighted by molar-refractivity contribution is 7.91. The molecule has 1 atom stereocenters. The Morgan fingerprint density at radius 2 is 1.81 bits per heavy atom. The molecular formula is C19H21F2NO3S. The van der Waals surface area contributed by atoms with E-state index in [-0.39, 0.29) is 11.3 Å². The number of hydrogen-bond acceptors (Lipinski definition) is 3. The molecule has 2 aromatic carbocycles. The molecule has 4 nitrogen and oxygen atoms in total. The Labute approximate surface area is 152 Å². The van der Waals surface area contributed by atoms with Crippen LogP contribution in [-0.4, -0.2) is 20.1 Å². The van der Waals surface area contributed by atoms with E-state index in [1.807, 2.05) is 26.0 Å². The molecule has 7 heteroatoms. The average Bonchev–Trinajstić information content (AvgIpc) is 2.49. The number of carbonyl (C=O) groups is 1. The minimum absolute atomic E-state index is 0.0895. The van der Waals surface area contributed by atoms with Crippen molar-refractivity contribution in [2.45, 2.75) is 32.6 Å². The molecule has 0 saturated carbocycles. The van der Waals surface area contributed by atoms with Gasteiger partial charge in [0.1, 0.15) is 17.4 Å². The number of halogens is 2. The van der Waals surface area contributed by atoms with Gasteiger partial charge in [-0.3, -0.25) is 4.79 Å². The SMILES string of the molecule is Cc1ccc(C)c(CS(=O)(=O)CC(=O)N[C@H](C)c2ccc(F)cc2F)c1. The molecule has 0 aromatic heterocycles. The first-order valence-electron chi connectivity index (χ1n) is 8.08. The van der Waals surface area contributed by atoms with E-state index in [2.05, 4.69) is 5.32 Å². The van der Waals surface area contributed by atoms with Gasteiger partial charge >= 0.3 is 0 Å². The fourth-order valence-electron chi connectivity index (χ4n) is 2.66. The molecule has 0 radical (unpaired) electrons. The third kappa shape index (κ3) is 5.36. The predicted octanol–water partition coefficient (Wildman–Crippen LogP) is 3.37. The zero-order valence-electron chi connectivity index (χ0n) is 14.8. The van der Waals surface area contributed by atoms with Crippen LogP contribution in [0.15, 0.2) is 36.4 Å². The van der Waals surface area contributed by atoms with Crippen LogP contribution < -0.4 is 5.32 Å². The molecule has 0 saturated heterocycles. The molecule has 0 spiro atoms. The minimum atomic E-state index is -3.68. The van der Waals surface area contributed by atoms with Gasteiger partial charge in [0.05, 0.1) is 11.8 Å². The van der Waals surface area contributed by atoms with Crippen LogP contribution in [0.3, 0.4) is 0 Å². The van der Waals surface area contributed by atoms with E-state index in [9.17, 15) is 22.0 Å².